The van der Waals surface area contributed by atoms with Crippen molar-refractivity contribution in [3.05, 3.63) is 0 Å². The van der Waals surface area contributed by atoms with Gasteiger partial charge in [0.15, 0.2) is 0 Å². The number of hydrogen-bond acceptors (Lipinski definition) is 3. The Bertz CT molecular complexity index is 176. The minimum absolute atomic E-state index is 0.273. The third kappa shape index (κ3) is 3.08. The van der Waals surface area contributed by atoms with Gasteiger partial charge in [0.25, 0.3) is 0 Å². The molecule has 1 atom stereocenters. The maximum atomic E-state index is 10.9. The first-order valence-electron chi connectivity index (χ1n) is 4.92. The molecule has 0 aromatic heterocycles. The van der Waals surface area contributed by atoms with Gasteiger partial charge in [0, 0.05) is 12.0 Å². The molecule has 0 bridgehead atoms. The first-order valence-corrected chi connectivity index (χ1v) is 4.92. The van der Waals surface area contributed by atoms with Crippen LogP contribution in [0.4, 0.5) is 0 Å². The smallest absolute Gasteiger partial charge is 0.133 e. The van der Waals surface area contributed by atoms with Crippen LogP contribution >= 0.6 is 0 Å². The van der Waals surface area contributed by atoms with Crippen LogP contribution in [-0.4, -0.2) is 31.6 Å². The van der Waals surface area contributed by atoms with Crippen LogP contribution in [0.2, 0.25) is 0 Å². The highest BCUT2D eigenvalue weighted by Gasteiger charge is 2.32. The molecule has 1 aliphatic carbocycles. The lowest BCUT2D eigenvalue weighted by atomic mass is 9.80. The van der Waals surface area contributed by atoms with Crippen molar-refractivity contribution < 1.29 is 9.53 Å². The van der Waals surface area contributed by atoms with E-state index in [9.17, 15) is 4.79 Å². The molecule has 0 amide bonds. The molecule has 1 fully saturated rings. The molecular formula is C10H19NO2. The lowest BCUT2D eigenvalue weighted by Crippen LogP contribution is -2.38. The van der Waals surface area contributed by atoms with Crippen LogP contribution < -0.4 is 5.32 Å². The van der Waals surface area contributed by atoms with E-state index in [1.165, 1.54) is 0 Å². The number of hydrogen-bond donors (Lipinski definition) is 1. The molecule has 0 aromatic rings. The second-order valence-corrected chi connectivity index (χ2v) is 3.92. The lowest BCUT2D eigenvalue weighted by molar-refractivity contribution is -0.129. The highest BCUT2D eigenvalue weighted by molar-refractivity contribution is 5.79. The van der Waals surface area contributed by atoms with E-state index >= 15 is 0 Å². The summed E-state index contributed by atoms with van der Waals surface area (Å²) in [4.78, 5) is 10.9. The van der Waals surface area contributed by atoms with Crippen molar-refractivity contribution in [2.24, 2.45) is 5.92 Å². The molecule has 1 aliphatic rings. The summed E-state index contributed by atoms with van der Waals surface area (Å²) in [6.07, 6.45) is 2.17. The van der Waals surface area contributed by atoms with Gasteiger partial charge < -0.3 is 10.1 Å². The van der Waals surface area contributed by atoms with Crippen molar-refractivity contribution in [3.63, 3.8) is 0 Å². The monoisotopic (exact) mass is 185 g/mol. The van der Waals surface area contributed by atoms with Crippen molar-refractivity contribution >= 4 is 5.78 Å². The molecule has 0 spiro atoms. The number of ketones is 1. The fourth-order valence-electron chi connectivity index (χ4n) is 1.40. The van der Waals surface area contributed by atoms with Crippen molar-refractivity contribution in [1.82, 2.24) is 5.32 Å². The normalized spacial score (nSPS) is 29.5. The molecule has 1 N–H and O–H groups in total. The van der Waals surface area contributed by atoms with Gasteiger partial charge in [-0.15, -0.1) is 0 Å². The molecule has 0 saturated heterocycles. The van der Waals surface area contributed by atoms with E-state index in [-0.39, 0.29) is 5.92 Å². The van der Waals surface area contributed by atoms with E-state index in [0.717, 1.165) is 19.4 Å². The van der Waals surface area contributed by atoms with Gasteiger partial charge in [-0.3, -0.25) is 4.79 Å². The number of likely N-dealkylation sites (N-methyl/N-ethyl adjacent to an activating group) is 1. The first-order chi connectivity index (χ1) is 6.13. The van der Waals surface area contributed by atoms with E-state index in [2.05, 4.69) is 12.2 Å². The molecule has 0 heterocycles. The minimum atomic E-state index is 0.273. The molecule has 3 nitrogen and oxygen atoms in total. The summed E-state index contributed by atoms with van der Waals surface area (Å²) in [6, 6.07) is 0.399. The van der Waals surface area contributed by atoms with Gasteiger partial charge in [0.2, 0.25) is 0 Å². The summed E-state index contributed by atoms with van der Waals surface area (Å²) in [5.41, 5.74) is 0. The fourth-order valence-corrected chi connectivity index (χ4v) is 1.40. The molecular weight excluding hydrogens is 166 g/mol. The molecule has 13 heavy (non-hydrogen) atoms. The summed E-state index contributed by atoms with van der Waals surface area (Å²) >= 11 is 0. The average Bonchev–Trinajstić information content (AvgIpc) is 2.00. The number of carbonyl (C=O) groups is 1. The molecule has 3 heteroatoms. The van der Waals surface area contributed by atoms with Crippen molar-refractivity contribution in [2.75, 3.05) is 13.7 Å². The molecule has 0 aliphatic heterocycles. The van der Waals surface area contributed by atoms with Crippen LogP contribution in [0.25, 0.3) is 0 Å². The van der Waals surface area contributed by atoms with Crippen LogP contribution in [0.3, 0.4) is 0 Å². The topological polar surface area (TPSA) is 38.3 Å². The zero-order chi connectivity index (χ0) is 9.84. The van der Waals surface area contributed by atoms with Crippen LogP contribution in [0.1, 0.15) is 26.7 Å². The SMILES string of the molecule is CNC(C)COC1CC(C(C)=O)C1. The Morgan fingerprint density at radius 2 is 2.23 bits per heavy atom. The van der Waals surface area contributed by atoms with Gasteiger partial charge in [-0.1, -0.05) is 0 Å². The van der Waals surface area contributed by atoms with Gasteiger partial charge >= 0.3 is 0 Å². The Morgan fingerprint density at radius 1 is 1.62 bits per heavy atom. The van der Waals surface area contributed by atoms with Crippen molar-refractivity contribution in [2.45, 2.75) is 38.8 Å². The Hall–Kier alpha value is -0.410. The highest BCUT2D eigenvalue weighted by atomic mass is 16.5. The third-order valence-electron chi connectivity index (χ3n) is 2.74. The van der Waals surface area contributed by atoms with Crippen LogP contribution in [-0.2, 0) is 9.53 Å². The minimum Gasteiger partial charge on any atom is -0.377 e. The van der Waals surface area contributed by atoms with Gasteiger partial charge in [0.05, 0.1) is 12.7 Å². The summed E-state index contributed by atoms with van der Waals surface area (Å²) in [5, 5.41) is 3.11. The zero-order valence-electron chi connectivity index (χ0n) is 8.67. The summed E-state index contributed by atoms with van der Waals surface area (Å²) in [7, 11) is 1.92. The Morgan fingerprint density at radius 3 is 2.69 bits per heavy atom. The predicted octanol–water partition coefficient (Wildman–Crippen LogP) is 0.978. The van der Waals surface area contributed by atoms with Crippen LogP contribution in [0.15, 0.2) is 0 Å². The zero-order valence-corrected chi connectivity index (χ0v) is 8.67. The number of nitrogens with one attached hydrogen (secondary N) is 1. The second-order valence-electron chi connectivity index (χ2n) is 3.92. The summed E-state index contributed by atoms with van der Waals surface area (Å²) < 4.78 is 5.60. The second kappa shape index (κ2) is 4.72. The van der Waals surface area contributed by atoms with Gasteiger partial charge in [-0.25, -0.2) is 0 Å². The quantitative estimate of drug-likeness (QED) is 0.694. The fraction of sp³-hybridized carbons (Fsp3) is 0.900. The van der Waals surface area contributed by atoms with E-state index in [1.807, 2.05) is 7.05 Å². The Balaban J connectivity index is 2.05. The molecule has 0 radical (unpaired) electrons. The predicted molar refractivity (Wildman–Crippen MR) is 51.7 cm³/mol. The van der Waals surface area contributed by atoms with Gasteiger partial charge in [-0.05, 0) is 33.7 Å². The lowest BCUT2D eigenvalue weighted by Gasteiger charge is -2.34. The molecule has 1 rings (SSSR count). The number of ether oxygens (including phenoxy) is 1. The van der Waals surface area contributed by atoms with Crippen LogP contribution in [0.5, 0.6) is 0 Å². The number of carbonyl (C=O) groups excluding carboxylic acids is 1. The average molecular weight is 185 g/mol. The van der Waals surface area contributed by atoms with Crippen LogP contribution in [0, 0.1) is 5.92 Å². The third-order valence-corrected chi connectivity index (χ3v) is 2.74. The van der Waals surface area contributed by atoms with E-state index in [0.29, 0.717) is 17.9 Å². The van der Waals surface area contributed by atoms with Crippen molar-refractivity contribution in [3.8, 4) is 0 Å². The maximum absolute atomic E-state index is 10.9. The Labute approximate surface area is 79.8 Å². The van der Waals surface area contributed by atoms with Gasteiger partial charge in [-0.2, -0.15) is 0 Å². The van der Waals surface area contributed by atoms with E-state index in [4.69, 9.17) is 4.74 Å². The maximum Gasteiger partial charge on any atom is 0.133 e. The van der Waals surface area contributed by atoms with Gasteiger partial charge in [0.1, 0.15) is 5.78 Å². The van der Waals surface area contributed by atoms with Crippen molar-refractivity contribution in [1.29, 1.82) is 0 Å². The Kier molecular flexibility index (Phi) is 3.88. The first kappa shape index (κ1) is 10.7. The van der Waals surface area contributed by atoms with E-state index < -0.39 is 0 Å². The number of Topliss-reactive ketones (excluding diaryl/α,β-unsaturated/α-hetero) is 1. The summed E-state index contributed by atoms with van der Waals surface area (Å²) in [6.45, 7) is 4.49. The molecule has 0 aromatic carbocycles. The summed E-state index contributed by atoms with van der Waals surface area (Å²) in [5.74, 6) is 0.580. The highest BCUT2D eigenvalue weighted by Crippen LogP contribution is 2.30. The molecule has 1 saturated carbocycles. The number of rotatable bonds is 5. The standard InChI is InChI=1S/C10H19NO2/c1-7(11-3)6-13-10-4-9(5-10)8(2)12/h7,9-11H,4-6H2,1-3H3. The molecule has 76 valence electrons. The van der Waals surface area contributed by atoms with E-state index in [1.54, 1.807) is 6.92 Å². The largest absolute Gasteiger partial charge is 0.377 e. The molecule has 1 unspecified atom stereocenters.